The molecule has 1 unspecified atom stereocenters. The second-order valence-electron chi connectivity index (χ2n) is 3.91. The van der Waals surface area contributed by atoms with Gasteiger partial charge in [-0.1, -0.05) is 0 Å². The van der Waals surface area contributed by atoms with E-state index >= 15 is 0 Å². The highest BCUT2D eigenvalue weighted by molar-refractivity contribution is 7.99. The molecular weight excluding hydrogens is 224 g/mol. The Morgan fingerprint density at radius 3 is 2.75 bits per heavy atom. The number of nitrogens with zero attached hydrogens (tertiary/aromatic N) is 1. The predicted octanol–water partition coefficient (Wildman–Crippen LogP) is 2.76. The van der Waals surface area contributed by atoms with Gasteiger partial charge in [0.15, 0.2) is 0 Å². The highest BCUT2D eigenvalue weighted by atomic mass is 32.2. The third kappa shape index (κ3) is 2.88. The van der Waals surface area contributed by atoms with Crippen LogP contribution in [0.4, 0.5) is 11.4 Å². The van der Waals surface area contributed by atoms with Crippen molar-refractivity contribution in [3.8, 4) is 0 Å². The number of hydrogen-bond acceptors (Lipinski definition) is 4. The molecule has 0 spiro atoms. The van der Waals surface area contributed by atoms with Gasteiger partial charge in [0.25, 0.3) is 5.69 Å². The third-order valence-corrected chi connectivity index (χ3v) is 3.93. The summed E-state index contributed by atoms with van der Waals surface area (Å²) < 4.78 is 0. The Labute approximate surface area is 98.6 Å². The van der Waals surface area contributed by atoms with Crippen LogP contribution < -0.4 is 5.32 Å². The Kier molecular flexibility index (Phi) is 3.66. The van der Waals surface area contributed by atoms with Crippen LogP contribution in [0.2, 0.25) is 0 Å². The van der Waals surface area contributed by atoms with E-state index in [2.05, 4.69) is 5.32 Å². The number of nitro groups is 1. The Hall–Kier alpha value is -1.23. The molecule has 0 saturated carbocycles. The normalized spacial score (nSPS) is 19.6. The van der Waals surface area contributed by atoms with Crippen LogP contribution in [0.3, 0.4) is 0 Å². The minimum Gasteiger partial charge on any atom is -0.385 e. The summed E-state index contributed by atoms with van der Waals surface area (Å²) in [6, 6.07) is 6.60. The van der Waals surface area contributed by atoms with E-state index in [-0.39, 0.29) is 10.6 Å². The van der Waals surface area contributed by atoms with E-state index in [0.29, 0.717) is 0 Å². The molecule has 1 aliphatic rings. The molecule has 86 valence electrons. The molecule has 5 heteroatoms. The summed E-state index contributed by atoms with van der Waals surface area (Å²) >= 11 is 1.99. The highest BCUT2D eigenvalue weighted by Crippen LogP contribution is 2.24. The van der Waals surface area contributed by atoms with E-state index in [1.54, 1.807) is 12.1 Å². The lowest BCUT2D eigenvalue weighted by molar-refractivity contribution is -0.384. The largest absolute Gasteiger partial charge is 0.385 e. The number of non-ortho nitro benzene ring substituents is 1. The van der Waals surface area contributed by atoms with Gasteiger partial charge in [-0.15, -0.1) is 0 Å². The van der Waals surface area contributed by atoms with Gasteiger partial charge in [0.2, 0.25) is 0 Å². The maximum Gasteiger partial charge on any atom is 0.269 e. The summed E-state index contributed by atoms with van der Waals surface area (Å²) in [7, 11) is 0. The molecular formula is C11H14N2O2S. The molecule has 1 atom stereocenters. The van der Waals surface area contributed by atoms with Gasteiger partial charge >= 0.3 is 0 Å². The van der Waals surface area contributed by atoms with Gasteiger partial charge in [-0.25, -0.2) is 0 Å². The predicted molar refractivity (Wildman–Crippen MR) is 67.0 cm³/mol. The van der Waals surface area contributed by atoms with E-state index in [1.807, 2.05) is 11.8 Å². The molecule has 0 bridgehead atoms. The molecule has 2 rings (SSSR count). The first kappa shape index (κ1) is 11.3. The summed E-state index contributed by atoms with van der Waals surface area (Å²) in [6.07, 6.45) is 1.27. The van der Waals surface area contributed by atoms with Crippen LogP contribution in [0, 0.1) is 16.0 Å². The Morgan fingerprint density at radius 1 is 1.44 bits per heavy atom. The topological polar surface area (TPSA) is 55.2 Å². The highest BCUT2D eigenvalue weighted by Gasteiger charge is 2.14. The summed E-state index contributed by atoms with van der Waals surface area (Å²) in [5, 5.41) is 13.8. The Balaban J connectivity index is 1.87. The van der Waals surface area contributed by atoms with Gasteiger partial charge < -0.3 is 5.32 Å². The van der Waals surface area contributed by atoms with Crippen molar-refractivity contribution in [3.05, 3.63) is 34.4 Å². The van der Waals surface area contributed by atoms with Gasteiger partial charge in [-0.2, -0.15) is 11.8 Å². The molecule has 1 fully saturated rings. The van der Waals surface area contributed by atoms with Gasteiger partial charge in [-0.05, 0) is 36.0 Å². The minimum atomic E-state index is -0.378. The van der Waals surface area contributed by atoms with E-state index in [4.69, 9.17) is 0 Å². The summed E-state index contributed by atoms with van der Waals surface area (Å²) in [6.45, 7) is 0.963. The summed E-state index contributed by atoms with van der Waals surface area (Å²) in [5.74, 6) is 3.22. The average Bonchev–Trinajstić information content (AvgIpc) is 2.80. The van der Waals surface area contributed by atoms with Crippen LogP contribution in [0.1, 0.15) is 6.42 Å². The maximum absolute atomic E-state index is 10.5. The first-order valence-corrected chi connectivity index (χ1v) is 6.47. The fourth-order valence-electron chi connectivity index (χ4n) is 1.71. The molecule has 1 aliphatic heterocycles. The van der Waals surface area contributed by atoms with Crippen LogP contribution in [0.5, 0.6) is 0 Å². The van der Waals surface area contributed by atoms with Crippen LogP contribution in [-0.2, 0) is 0 Å². The first-order valence-electron chi connectivity index (χ1n) is 5.32. The number of thioether (sulfide) groups is 1. The van der Waals surface area contributed by atoms with Crippen LogP contribution in [0.25, 0.3) is 0 Å². The lowest BCUT2D eigenvalue weighted by Crippen LogP contribution is -2.13. The zero-order valence-electron chi connectivity index (χ0n) is 8.89. The number of rotatable bonds is 4. The van der Waals surface area contributed by atoms with Gasteiger partial charge in [0.05, 0.1) is 4.92 Å². The van der Waals surface area contributed by atoms with Crippen molar-refractivity contribution in [1.29, 1.82) is 0 Å². The molecule has 0 aromatic heterocycles. The van der Waals surface area contributed by atoms with Gasteiger partial charge in [-0.3, -0.25) is 10.1 Å². The minimum absolute atomic E-state index is 0.141. The standard InChI is InChI=1S/C11H14N2O2S/c14-13(15)11-3-1-10(2-4-11)12-7-9-5-6-16-8-9/h1-4,9,12H,5-8H2. The van der Waals surface area contributed by atoms with Crippen molar-refractivity contribution in [3.63, 3.8) is 0 Å². The molecule has 4 nitrogen and oxygen atoms in total. The molecule has 16 heavy (non-hydrogen) atoms. The molecule has 1 heterocycles. The zero-order valence-corrected chi connectivity index (χ0v) is 9.70. The number of nitrogens with one attached hydrogen (secondary N) is 1. The maximum atomic E-state index is 10.5. The average molecular weight is 238 g/mol. The lowest BCUT2D eigenvalue weighted by atomic mass is 10.1. The zero-order chi connectivity index (χ0) is 11.4. The molecule has 1 aromatic rings. The van der Waals surface area contributed by atoms with Crippen molar-refractivity contribution in [2.24, 2.45) is 5.92 Å². The summed E-state index contributed by atoms with van der Waals surface area (Å²) in [5.41, 5.74) is 1.10. The van der Waals surface area contributed by atoms with Crippen LogP contribution in [0.15, 0.2) is 24.3 Å². The van der Waals surface area contributed by atoms with Gasteiger partial charge in [0, 0.05) is 24.4 Å². The van der Waals surface area contributed by atoms with E-state index in [9.17, 15) is 10.1 Å². The Bertz CT molecular complexity index is 361. The second-order valence-corrected chi connectivity index (χ2v) is 5.06. The number of nitro benzene ring substituents is 1. The molecule has 0 aliphatic carbocycles. The molecule has 1 saturated heterocycles. The van der Waals surface area contributed by atoms with Crippen molar-refractivity contribution in [1.82, 2.24) is 0 Å². The van der Waals surface area contributed by atoms with E-state index < -0.39 is 0 Å². The SMILES string of the molecule is O=[N+]([O-])c1ccc(NCC2CCSC2)cc1. The second kappa shape index (κ2) is 5.21. The molecule has 0 amide bonds. The molecule has 1 N–H and O–H groups in total. The number of hydrogen-bond donors (Lipinski definition) is 1. The smallest absolute Gasteiger partial charge is 0.269 e. The van der Waals surface area contributed by atoms with Crippen molar-refractivity contribution in [2.45, 2.75) is 6.42 Å². The number of benzene rings is 1. The van der Waals surface area contributed by atoms with Crippen LogP contribution >= 0.6 is 11.8 Å². The number of anilines is 1. The molecule has 0 radical (unpaired) electrons. The Morgan fingerprint density at radius 2 is 2.19 bits per heavy atom. The quantitative estimate of drug-likeness (QED) is 0.647. The van der Waals surface area contributed by atoms with Crippen molar-refractivity contribution >= 4 is 23.1 Å². The van der Waals surface area contributed by atoms with Gasteiger partial charge in [0.1, 0.15) is 0 Å². The van der Waals surface area contributed by atoms with Crippen LogP contribution in [-0.4, -0.2) is 23.0 Å². The first-order chi connectivity index (χ1) is 7.75. The fraction of sp³-hybridized carbons (Fsp3) is 0.455. The lowest BCUT2D eigenvalue weighted by Gasteiger charge is -2.10. The van der Waals surface area contributed by atoms with E-state index in [0.717, 1.165) is 18.2 Å². The molecule has 1 aromatic carbocycles. The van der Waals surface area contributed by atoms with E-state index in [1.165, 1.54) is 30.1 Å². The fourth-order valence-corrected chi connectivity index (χ4v) is 2.99. The monoisotopic (exact) mass is 238 g/mol. The van der Waals surface area contributed by atoms with Crippen molar-refractivity contribution in [2.75, 3.05) is 23.4 Å². The summed E-state index contributed by atoms with van der Waals surface area (Å²) in [4.78, 5) is 10.1. The van der Waals surface area contributed by atoms with Crippen molar-refractivity contribution < 1.29 is 4.92 Å². The third-order valence-electron chi connectivity index (χ3n) is 2.70.